The lowest BCUT2D eigenvalue weighted by molar-refractivity contribution is 0.0696. The molecule has 0 fully saturated rings. The number of ether oxygens (including phenoxy) is 2. The van der Waals surface area contributed by atoms with Gasteiger partial charge in [-0.25, -0.2) is 4.79 Å². The summed E-state index contributed by atoms with van der Waals surface area (Å²) < 4.78 is 11.2. The van der Waals surface area contributed by atoms with Gasteiger partial charge in [0.15, 0.2) is 11.5 Å². The zero-order chi connectivity index (χ0) is 14.1. The maximum Gasteiger partial charge on any atom is 0.335 e. The van der Waals surface area contributed by atoms with Crippen LogP contribution in [0.2, 0.25) is 0 Å². The highest BCUT2D eigenvalue weighted by molar-refractivity contribution is 5.88. The second-order valence-electron chi connectivity index (χ2n) is 4.37. The van der Waals surface area contributed by atoms with Gasteiger partial charge in [0.05, 0.1) is 18.8 Å². The summed E-state index contributed by atoms with van der Waals surface area (Å²) in [6.45, 7) is 5.36. The Balaban J connectivity index is 2.78. The molecule has 0 bridgehead atoms. The second-order valence-corrected chi connectivity index (χ2v) is 4.37. The van der Waals surface area contributed by atoms with E-state index in [1.54, 1.807) is 6.07 Å². The zero-order valence-electron chi connectivity index (χ0n) is 11.6. The molecular formula is C15H22O4. The Labute approximate surface area is 114 Å². The minimum atomic E-state index is -0.958. The highest BCUT2D eigenvalue weighted by Crippen LogP contribution is 2.29. The minimum Gasteiger partial charge on any atom is -0.490 e. The standard InChI is InChI=1S/C15H22O4/c1-3-5-9-18-13-8-7-12(15(16)17)11-14(13)19-10-6-4-2/h7-8,11H,3-6,9-10H2,1-2H3,(H,16,17). The van der Waals surface area contributed by atoms with E-state index in [9.17, 15) is 4.79 Å². The van der Waals surface area contributed by atoms with Crippen molar-refractivity contribution in [1.82, 2.24) is 0 Å². The van der Waals surface area contributed by atoms with Gasteiger partial charge < -0.3 is 14.6 Å². The molecule has 1 aromatic rings. The normalized spacial score (nSPS) is 10.2. The summed E-state index contributed by atoms with van der Waals surface area (Å²) in [4.78, 5) is 11.0. The van der Waals surface area contributed by atoms with E-state index in [1.807, 2.05) is 0 Å². The summed E-state index contributed by atoms with van der Waals surface area (Å²) in [6, 6.07) is 4.73. The Morgan fingerprint density at radius 2 is 1.63 bits per heavy atom. The summed E-state index contributed by atoms with van der Waals surface area (Å²) in [5.74, 6) is 0.180. The van der Waals surface area contributed by atoms with E-state index < -0.39 is 5.97 Å². The molecule has 0 aliphatic carbocycles. The van der Waals surface area contributed by atoms with Gasteiger partial charge in [0.1, 0.15) is 0 Å². The molecule has 1 rings (SSSR count). The zero-order valence-corrected chi connectivity index (χ0v) is 11.6. The van der Waals surface area contributed by atoms with Crippen molar-refractivity contribution in [2.45, 2.75) is 39.5 Å². The molecule has 0 atom stereocenters. The molecule has 0 heterocycles. The lowest BCUT2D eigenvalue weighted by Crippen LogP contribution is -2.04. The molecule has 0 saturated heterocycles. The van der Waals surface area contributed by atoms with Gasteiger partial charge in [-0.1, -0.05) is 26.7 Å². The maximum atomic E-state index is 11.0. The monoisotopic (exact) mass is 266 g/mol. The lowest BCUT2D eigenvalue weighted by atomic mass is 10.2. The van der Waals surface area contributed by atoms with Crippen LogP contribution in [0.15, 0.2) is 18.2 Å². The highest BCUT2D eigenvalue weighted by atomic mass is 16.5. The van der Waals surface area contributed by atoms with Crippen LogP contribution in [-0.4, -0.2) is 24.3 Å². The van der Waals surface area contributed by atoms with Crippen molar-refractivity contribution in [2.24, 2.45) is 0 Å². The highest BCUT2D eigenvalue weighted by Gasteiger charge is 2.10. The molecule has 4 nitrogen and oxygen atoms in total. The number of unbranched alkanes of at least 4 members (excludes halogenated alkanes) is 2. The third kappa shape index (κ3) is 5.20. The number of rotatable bonds is 9. The molecule has 1 N–H and O–H groups in total. The van der Waals surface area contributed by atoms with E-state index >= 15 is 0 Å². The Morgan fingerprint density at radius 3 is 2.16 bits per heavy atom. The molecule has 0 aliphatic heterocycles. The van der Waals surface area contributed by atoms with Crippen LogP contribution in [0, 0.1) is 0 Å². The third-order valence-corrected chi connectivity index (χ3v) is 2.70. The molecule has 0 saturated carbocycles. The molecular weight excluding hydrogens is 244 g/mol. The SMILES string of the molecule is CCCCOc1ccc(C(=O)O)cc1OCCCC. The van der Waals surface area contributed by atoms with Crippen LogP contribution in [0.4, 0.5) is 0 Å². The van der Waals surface area contributed by atoms with Gasteiger partial charge >= 0.3 is 5.97 Å². The predicted molar refractivity (Wildman–Crippen MR) is 74.2 cm³/mol. The minimum absolute atomic E-state index is 0.217. The number of carboxylic acid groups (broad SMARTS) is 1. The molecule has 19 heavy (non-hydrogen) atoms. The van der Waals surface area contributed by atoms with E-state index in [2.05, 4.69) is 13.8 Å². The third-order valence-electron chi connectivity index (χ3n) is 2.70. The van der Waals surface area contributed by atoms with Gasteiger partial charge in [-0.3, -0.25) is 0 Å². The van der Waals surface area contributed by atoms with Crippen LogP contribution in [0.1, 0.15) is 49.9 Å². The number of benzene rings is 1. The Kier molecular flexibility index (Phi) is 6.79. The van der Waals surface area contributed by atoms with E-state index in [0.717, 1.165) is 25.7 Å². The summed E-state index contributed by atoms with van der Waals surface area (Å²) in [7, 11) is 0. The number of carbonyl (C=O) groups is 1. The summed E-state index contributed by atoms with van der Waals surface area (Å²) >= 11 is 0. The molecule has 0 aromatic heterocycles. The molecule has 0 spiro atoms. The first kappa shape index (κ1) is 15.3. The average Bonchev–Trinajstić information content (AvgIpc) is 2.40. The maximum absolute atomic E-state index is 11.0. The Morgan fingerprint density at radius 1 is 1.05 bits per heavy atom. The summed E-state index contributed by atoms with van der Waals surface area (Å²) in [5.41, 5.74) is 0.217. The van der Waals surface area contributed by atoms with Gasteiger partial charge in [-0.05, 0) is 31.0 Å². The number of aromatic carboxylic acids is 1. The fourth-order valence-electron chi connectivity index (χ4n) is 1.53. The van der Waals surface area contributed by atoms with Crippen LogP contribution < -0.4 is 9.47 Å². The second kappa shape index (κ2) is 8.40. The van der Waals surface area contributed by atoms with Crippen LogP contribution in [0.5, 0.6) is 11.5 Å². The van der Waals surface area contributed by atoms with Gasteiger partial charge in [0, 0.05) is 0 Å². The molecule has 1 aromatic carbocycles. The quantitative estimate of drug-likeness (QED) is 0.692. The van der Waals surface area contributed by atoms with Gasteiger partial charge in [0.25, 0.3) is 0 Å². The smallest absolute Gasteiger partial charge is 0.335 e. The van der Waals surface area contributed by atoms with E-state index in [4.69, 9.17) is 14.6 Å². The van der Waals surface area contributed by atoms with Crippen molar-refractivity contribution in [3.05, 3.63) is 23.8 Å². The van der Waals surface area contributed by atoms with Gasteiger partial charge in [0.2, 0.25) is 0 Å². The summed E-state index contributed by atoms with van der Waals surface area (Å²) in [6.07, 6.45) is 3.99. The van der Waals surface area contributed by atoms with Crippen molar-refractivity contribution in [3.63, 3.8) is 0 Å². The van der Waals surface area contributed by atoms with E-state index in [-0.39, 0.29) is 5.56 Å². The van der Waals surface area contributed by atoms with Crippen LogP contribution in [0.3, 0.4) is 0 Å². The molecule has 106 valence electrons. The van der Waals surface area contributed by atoms with E-state index in [1.165, 1.54) is 12.1 Å². The molecule has 0 radical (unpaired) electrons. The topological polar surface area (TPSA) is 55.8 Å². The van der Waals surface area contributed by atoms with Crippen molar-refractivity contribution < 1.29 is 19.4 Å². The molecule has 0 unspecified atom stereocenters. The lowest BCUT2D eigenvalue weighted by Gasteiger charge is -2.13. The largest absolute Gasteiger partial charge is 0.490 e. The Bertz CT molecular complexity index is 401. The first-order chi connectivity index (χ1) is 9.19. The fourth-order valence-corrected chi connectivity index (χ4v) is 1.53. The van der Waals surface area contributed by atoms with Crippen molar-refractivity contribution in [3.8, 4) is 11.5 Å². The summed E-state index contributed by atoms with van der Waals surface area (Å²) in [5, 5.41) is 8.99. The van der Waals surface area contributed by atoms with Crippen molar-refractivity contribution in [2.75, 3.05) is 13.2 Å². The first-order valence-electron chi connectivity index (χ1n) is 6.82. The first-order valence-corrected chi connectivity index (χ1v) is 6.82. The van der Waals surface area contributed by atoms with Crippen LogP contribution in [0.25, 0.3) is 0 Å². The van der Waals surface area contributed by atoms with Crippen LogP contribution in [-0.2, 0) is 0 Å². The number of hydrogen-bond donors (Lipinski definition) is 1. The van der Waals surface area contributed by atoms with Gasteiger partial charge in [-0.15, -0.1) is 0 Å². The number of hydrogen-bond acceptors (Lipinski definition) is 3. The van der Waals surface area contributed by atoms with Gasteiger partial charge in [-0.2, -0.15) is 0 Å². The van der Waals surface area contributed by atoms with Crippen molar-refractivity contribution in [1.29, 1.82) is 0 Å². The molecule has 0 aliphatic rings. The molecule has 4 heteroatoms. The predicted octanol–water partition coefficient (Wildman–Crippen LogP) is 3.74. The van der Waals surface area contributed by atoms with Crippen molar-refractivity contribution >= 4 is 5.97 Å². The Hall–Kier alpha value is -1.71. The molecule has 0 amide bonds. The fraction of sp³-hybridized carbons (Fsp3) is 0.533. The van der Waals surface area contributed by atoms with E-state index in [0.29, 0.717) is 24.7 Å². The number of carboxylic acids is 1. The average molecular weight is 266 g/mol. The van der Waals surface area contributed by atoms with Crippen LogP contribution >= 0.6 is 0 Å².